The van der Waals surface area contributed by atoms with Crippen molar-refractivity contribution in [1.29, 1.82) is 0 Å². The van der Waals surface area contributed by atoms with E-state index in [1.54, 1.807) is 0 Å². The summed E-state index contributed by atoms with van der Waals surface area (Å²) in [7, 11) is 0. The second-order valence-electron chi connectivity index (χ2n) is 4.06. The molecule has 0 aromatic carbocycles. The first kappa shape index (κ1) is 15.4. The Labute approximate surface area is 98.9 Å². The summed E-state index contributed by atoms with van der Waals surface area (Å²) in [6, 6.07) is 0. The molecular formula is C12H26N2O2. The third kappa shape index (κ3) is 8.68. The zero-order valence-electron chi connectivity index (χ0n) is 10.6. The molecule has 1 atom stereocenters. The van der Waals surface area contributed by atoms with Crippen LogP contribution in [0.1, 0.15) is 39.5 Å². The summed E-state index contributed by atoms with van der Waals surface area (Å²) in [5.41, 5.74) is 5.26. The Hall–Kier alpha value is -0.610. The van der Waals surface area contributed by atoms with Crippen LogP contribution in [0.25, 0.3) is 0 Å². The Morgan fingerprint density at radius 3 is 2.75 bits per heavy atom. The first-order valence-electron chi connectivity index (χ1n) is 6.29. The normalized spacial score (nSPS) is 12.4. The first-order valence-corrected chi connectivity index (χ1v) is 6.29. The SMILES string of the molecule is CCCCC(CC)CNC(=O)COCCN. The van der Waals surface area contributed by atoms with Gasteiger partial charge in [-0.25, -0.2) is 0 Å². The van der Waals surface area contributed by atoms with Gasteiger partial charge in [0, 0.05) is 13.1 Å². The number of rotatable bonds is 10. The molecule has 16 heavy (non-hydrogen) atoms. The fraction of sp³-hybridized carbons (Fsp3) is 0.917. The molecule has 0 saturated heterocycles. The quantitative estimate of drug-likeness (QED) is 0.556. The van der Waals surface area contributed by atoms with E-state index in [4.69, 9.17) is 10.5 Å². The number of nitrogens with two attached hydrogens (primary N) is 1. The number of hydrogen-bond donors (Lipinski definition) is 2. The van der Waals surface area contributed by atoms with Crippen molar-refractivity contribution >= 4 is 5.91 Å². The van der Waals surface area contributed by atoms with Crippen molar-refractivity contribution in [2.75, 3.05) is 26.3 Å². The van der Waals surface area contributed by atoms with Gasteiger partial charge in [0.15, 0.2) is 0 Å². The molecule has 0 aliphatic carbocycles. The molecule has 1 amide bonds. The highest BCUT2D eigenvalue weighted by atomic mass is 16.5. The highest BCUT2D eigenvalue weighted by Gasteiger charge is 2.07. The lowest BCUT2D eigenvalue weighted by Crippen LogP contribution is -2.32. The van der Waals surface area contributed by atoms with Crippen LogP contribution in [0.2, 0.25) is 0 Å². The van der Waals surface area contributed by atoms with Crippen molar-refractivity contribution in [1.82, 2.24) is 5.32 Å². The van der Waals surface area contributed by atoms with Gasteiger partial charge in [0.1, 0.15) is 6.61 Å². The van der Waals surface area contributed by atoms with Crippen molar-refractivity contribution in [3.8, 4) is 0 Å². The van der Waals surface area contributed by atoms with Gasteiger partial charge in [-0.3, -0.25) is 4.79 Å². The van der Waals surface area contributed by atoms with Crippen LogP contribution in [0, 0.1) is 5.92 Å². The van der Waals surface area contributed by atoms with Gasteiger partial charge in [0.2, 0.25) is 5.91 Å². The van der Waals surface area contributed by atoms with Gasteiger partial charge < -0.3 is 15.8 Å². The van der Waals surface area contributed by atoms with E-state index in [-0.39, 0.29) is 12.5 Å². The molecule has 0 fully saturated rings. The van der Waals surface area contributed by atoms with Crippen LogP contribution in [-0.2, 0) is 9.53 Å². The van der Waals surface area contributed by atoms with Crippen LogP contribution in [-0.4, -0.2) is 32.2 Å². The van der Waals surface area contributed by atoms with E-state index in [1.165, 1.54) is 19.3 Å². The highest BCUT2D eigenvalue weighted by Crippen LogP contribution is 2.10. The van der Waals surface area contributed by atoms with Crippen molar-refractivity contribution in [3.63, 3.8) is 0 Å². The lowest BCUT2D eigenvalue weighted by atomic mass is 9.99. The lowest BCUT2D eigenvalue weighted by Gasteiger charge is -2.15. The molecule has 4 nitrogen and oxygen atoms in total. The summed E-state index contributed by atoms with van der Waals surface area (Å²) in [6.07, 6.45) is 4.75. The minimum Gasteiger partial charge on any atom is -0.370 e. The van der Waals surface area contributed by atoms with Gasteiger partial charge in [0.25, 0.3) is 0 Å². The molecular weight excluding hydrogens is 204 g/mol. The average molecular weight is 230 g/mol. The first-order chi connectivity index (χ1) is 7.74. The van der Waals surface area contributed by atoms with Gasteiger partial charge in [-0.15, -0.1) is 0 Å². The monoisotopic (exact) mass is 230 g/mol. The second-order valence-corrected chi connectivity index (χ2v) is 4.06. The molecule has 0 aromatic heterocycles. The summed E-state index contributed by atoms with van der Waals surface area (Å²) in [6.45, 7) is 6.15. The molecule has 0 bridgehead atoms. The maximum absolute atomic E-state index is 11.3. The van der Waals surface area contributed by atoms with Gasteiger partial charge >= 0.3 is 0 Å². The van der Waals surface area contributed by atoms with E-state index in [1.807, 2.05) is 0 Å². The Bertz CT molecular complexity index is 174. The fourth-order valence-corrected chi connectivity index (χ4v) is 1.50. The molecule has 0 spiro atoms. The third-order valence-electron chi connectivity index (χ3n) is 2.63. The van der Waals surface area contributed by atoms with E-state index in [2.05, 4.69) is 19.2 Å². The third-order valence-corrected chi connectivity index (χ3v) is 2.63. The summed E-state index contributed by atoms with van der Waals surface area (Å²) in [5, 5.41) is 2.90. The molecule has 0 rings (SSSR count). The van der Waals surface area contributed by atoms with Crippen molar-refractivity contribution in [2.24, 2.45) is 11.7 Å². The van der Waals surface area contributed by atoms with Gasteiger partial charge in [-0.2, -0.15) is 0 Å². The predicted molar refractivity (Wildman–Crippen MR) is 66.2 cm³/mol. The van der Waals surface area contributed by atoms with Crippen molar-refractivity contribution in [3.05, 3.63) is 0 Å². The minimum atomic E-state index is -0.0385. The zero-order chi connectivity index (χ0) is 12.2. The largest absolute Gasteiger partial charge is 0.370 e. The maximum atomic E-state index is 11.3. The molecule has 0 aromatic rings. The Morgan fingerprint density at radius 2 is 2.19 bits per heavy atom. The van der Waals surface area contributed by atoms with E-state index in [0.29, 0.717) is 19.1 Å². The van der Waals surface area contributed by atoms with Crippen LogP contribution < -0.4 is 11.1 Å². The van der Waals surface area contributed by atoms with E-state index in [0.717, 1.165) is 13.0 Å². The lowest BCUT2D eigenvalue weighted by molar-refractivity contribution is -0.125. The van der Waals surface area contributed by atoms with E-state index < -0.39 is 0 Å². The van der Waals surface area contributed by atoms with Crippen LogP contribution >= 0.6 is 0 Å². The molecule has 0 aliphatic heterocycles. The molecule has 0 saturated carbocycles. The predicted octanol–water partition coefficient (Wildman–Crippen LogP) is 1.29. The molecule has 4 heteroatoms. The van der Waals surface area contributed by atoms with E-state index in [9.17, 15) is 4.79 Å². The van der Waals surface area contributed by atoms with Gasteiger partial charge in [-0.05, 0) is 12.3 Å². The molecule has 0 heterocycles. The Morgan fingerprint density at radius 1 is 1.44 bits per heavy atom. The smallest absolute Gasteiger partial charge is 0.246 e. The number of amides is 1. The maximum Gasteiger partial charge on any atom is 0.246 e. The Kier molecular flexibility index (Phi) is 10.5. The number of hydrogen-bond acceptors (Lipinski definition) is 3. The summed E-state index contributed by atoms with van der Waals surface area (Å²) in [5.74, 6) is 0.557. The molecule has 1 unspecified atom stereocenters. The summed E-state index contributed by atoms with van der Waals surface area (Å²) < 4.78 is 5.05. The van der Waals surface area contributed by atoms with Crippen molar-refractivity contribution in [2.45, 2.75) is 39.5 Å². The van der Waals surface area contributed by atoms with Gasteiger partial charge in [-0.1, -0.05) is 33.1 Å². The molecule has 0 radical (unpaired) electrons. The van der Waals surface area contributed by atoms with Crippen molar-refractivity contribution < 1.29 is 9.53 Å². The second kappa shape index (κ2) is 10.9. The number of carbonyl (C=O) groups is 1. The van der Waals surface area contributed by atoms with Crippen LogP contribution in [0.3, 0.4) is 0 Å². The number of nitrogens with one attached hydrogen (secondary N) is 1. The van der Waals surface area contributed by atoms with Crippen LogP contribution in [0.5, 0.6) is 0 Å². The highest BCUT2D eigenvalue weighted by molar-refractivity contribution is 5.77. The topological polar surface area (TPSA) is 64.3 Å². The summed E-state index contributed by atoms with van der Waals surface area (Å²) >= 11 is 0. The average Bonchev–Trinajstić information content (AvgIpc) is 2.30. The summed E-state index contributed by atoms with van der Waals surface area (Å²) in [4.78, 5) is 11.3. The minimum absolute atomic E-state index is 0.0385. The fourth-order valence-electron chi connectivity index (χ4n) is 1.50. The number of unbranched alkanes of at least 4 members (excludes halogenated alkanes) is 1. The molecule has 96 valence electrons. The Balaban J connectivity index is 3.54. The van der Waals surface area contributed by atoms with E-state index >= 15 is 0 Å². The molecule has 0 aliphatic rings. The zero-order valence-corrected chi connectivity index (χ0v) is 10.6. The standard InChI is InChI=1S/C12H26N2O2/c1-3-5-6-11(4-2)9-14-12(15)10-16-8-7-13/h11H,3-10,13H2,1-2H3,(H,14,15). The van der Waals surface area contributed by atoms with Crippen LogP contribution in [0.4, 0.5) is 0 Å². The number of ether oxygens (including phenoxy) is 1. The van der Waals surface area contributed by atoms with Crippen LogP contribution in [0.15, 0.2) is 0 Å². The molecule has 3 N–H and O–H groups in total. The number of carbonyl (C=O) groups excluding carboxylic acids is 1. The van der Waals surface area contributed by atoms with Gasteiger partial charge in [0.05, 0.1) is 6.61 Å².